The molecule has 2 N–H and O–H groups in total. The lowest BCUT2D eigenvalue weighted by atomic mass is 10.2. The topological polar surface area (TPSA) is 54.0 Å². The molecule has 1 aliphatic rings. The van der Waals surface area contributed by atoms with Gasteiger partial charge in [-0.2, -0.15) is 0 Å². The molecule has 4 nitrogen and oxygen atoms in total. The third-order valence-electron chi connectivity index (χ3n) is 2.88. The number of carbonyl (C=O) groups excluding carboxylic acids is 1. The van der Waals surface area contributed by atoms with Crippen molar-refractivity contribution in [1.82, 2.24) is 15.6 Å². The van der Waals surface area contributed by atoms with Crippen molar-refractivity contribution >= 4 is 5.91 Å². The first-order valence-corrected chi connectivity index (χ1v) is 6.19. The first-order chi connectivity index (χ1) is 8.25. The molecule has 1 heterocycles. The number of hydrogen-bond acceptors (Lipinski definition) is 3. The Hall–Kier alpha value is -1.42. The van der Waals surface area contributed by atoms with Crippen LogP contribution < -0.4 is 10.6 Å². The molecule has 0 radical (unpaired) electrons. The van der Waals surface area contributed by atoms with Gasteiger partial charge in [-0.1, -0.05) is 6.07 Å². The van der Waals surface area contributed by atoms with Gasteiger partial charge in [-0.15, -0.1) is 0 Å². The lowest BCUT2D eigenvalue weighted by molar-refractivity contribution is -0.121. The molecule has 1 aliphatic carbocycles. The molecule has 2 rings (SSSR count). The normalized spacial score (nSPS) is 16.5. The highest BCUT2D eigenvalue weighted by atomic mass is 16.1. The first kappa shape index (κ1) is 12.0. The van der Waals surface area contributed by atoms with Crippen LogP contribution in [0.3, 0.4) is 0 Å². The van der Waals surface area contributed by atoms with Gasteiger partial charge in [0.05, 0.1) is 5.69 Å². The lowest BCUT2D eigenvalue weighted by Crippen LogP contribution is -2.30. The van der Waals surface area contributed by atoms with E-state index in [9.17, 15) is 4.79 Å². The highest BCUT2D eigenvalue weighted by Gasteiger charge is 2.22. The van der Waals surface area contributed by atoms with Crippen molar-refractivity contribution in [2.24, 2.45) is 0 Å². The Labute approximate surface area is 102 Å². The Balaban J connectivity index is 1.65. The number of amides is 1. The van der Waals surface area contributed by atoms with E-state index >= 15 is 0 Å². The molecule has 17 heavy (non-hydrogen) atoms. The minimum atomic E-state index is 0.147. The van der Waals surface area contributed by atoms with Gasteiger partial charge in [0.15, 0.2) is 0 Å². The van der Waals surface area contributed by atoms with Gasteiger partial charge in [0.2, 0.25) is 5.91 Å². The van der Waals surface area contributed by atoms with Gasteiger partial charge in [0.1, 0.15) is 0 Å². The van der Waals surface area contributed by atoms with Crippen LogP contribution in [0.5, 0.6) is 0 Å². The molecule has 1 aromatic rings. The van der Waals surface area contributed by atoms with Crippen molar-refractivity contribution in [2.45, 2.75) is 38.3 Å². The Morgan fingerprint density at radius 2 is 2.35 bits per heavy atom. The zero-order chi connectivity index (χ0) is 12.1. The fourth-order valence-corrected chi connectivity index (χ4v) is 1.67. The van der Waals surface area contributed by atoms with E-state index in [1.54, 1.807) is 6.20 Å². The van der Waals surface area contributed by atoms with Gasteiger partial charge in [-0.25, -0.2) is 0 Å². The van der Waals surface area contributed by atoms with E-state index in [1.807, 2.05) is 18.2 Å². The number of nitrogens with zero attached hydrogens (tertiary/aromatic N) is 1. The Morgan fingerprint density at radius 1 is 1.53 bits per heavy atom. The Kier molecular flexibility index (Phi) is 4.09. The van der Waals surface area contributed by atoms with E-state index in [0.29, 0.717) is 19.0 Å². The van der Waals surface area contributed by atoms with E-state index in [2.05, 4.69) is 22.5 Å². The highest BCUT2D eigenvalue weighted by molar-refractivity contribution is 5.76. The van der Waals surface area contributed by atoms with Crippen molar-refractivity contribution < 1.29 is 4.79 Å². The summed E-state index contributed by atoms with van der Waals surface area (Å²) in [5.41, 5.74) is 1.01. The molecule has 0 aromatic carbocycles. The smallest absolute Gasteiger partial charge is 0.221 e. The zero-order valence-electron chi connectivity index (χ0n) is 10.1. The number of rotatable bonds is 6. The van der Waals surface area contributed by atoms with Gasteiger partial charge in [-0.3, -0.25) is 9.78 Å². The van der Waals surface area contributed by atoms with Crippen molar-refractivity contribution in [2.75, 3.05) is 6.54 Å². The number of carbonyl (C=O) groups is 1. The molecule has 0 saturated heterocycles. The SMILES string of the molecule is C[C@H](NCCC(=O)NC1CC1)c1ccccn1. The molecule has 0 unspecified atom stereocenters. The third kappa shape index (κ3) is 4.15. The molecule has 1 saturated carbocycles. The van der Waals surface area contributed by atoms with E-state index in [1.165, 1.54) is 0 Å². The van der Waals surface area contributed by atoms with Gasteiger partial charge in [0.25, 0.3) is 0 Å². The van der Waals surface area contributed by atoms with E-state index in [-0.39, 0.29) is 11.9 Å². The van der Waals surface area contributed by atoms with Crippen molar-refractivity contribution in [1.29, 1.82) is 0 Å². The zero-order valence-corrected chi connectivity index (χ0v) is 10.1. The van der Waals surface area contributed by atoms with Crippen LogP contribution in [0.4, 0.5) is 0 Å². The molecule has 0 aliphatic heterocycles. The standard InChI is InChI=1S/C13H19N3O/c1-10(12-4-2-3-8-15-12)14-9-7-13(17)16-11-5-6-11/h2-4,8,10-11,14H,5-7,9H2,1H3,(H,16,17)/t10-/m0/s1. The van der Waals surface area contributed by atoms with Crippen LogP contribution in [0.25, 0.3) is 0 Å². The second-order valence-electron chi connectivity index (χ2n) is 4.52. The van der Waals surface area contributed by atoms with Crippen molar-refractivity contribution in [3.05, 3.63) is 30.1 Å². The molecule has 1 amide bonds. The predicted octanol–water partition coefficient (Wildman–Crippen LogP) is 1.40. The van der Waals surface area contributed by atoms with Gasteiger partial charge >= 0.3 is 0 Å². The molecule has 1 fully saturated rings. The quantitative estimate of drug-likeness (QED) is 0.781. The predicted molar refractivity (Wildman–Crippen MR) is 66.4 cm³/mol. The number of nitrogens with one attached hydrogen (secondary N) is 2. The number of hydrogen-bond donors (Lipinski definition) is 2. The summed E-state index contributed by atoms with van der Waals surface area (Å²) in [6.45, 7) is 2.75. The maximum atomic E-state index is 11.4. The summed E-state index contributed by atoms with van der Waals surface area (Å²) >= 11 is 0. The highest BCUT2D eigenvalue weighted by Crippen LogP contribution is 2.18. The van der Waals surface area contributed by atoms with E-state index in [4.69, 9.17) is 0 Å². The fraction of sp³-hybridized carbons (Fsp3) is 0.538. The molecule has 0 bridgehead atoms. The minimum Gasteiger partial charge on any atom is -0.353 e. The summed E-state index contributed by atoms with van der Waals surface area (Å²) in [6.07, 6.45) is 4.61. The second-order valence-corrected chi connectivity index (χ2v) is 4.52. The van der Waals surface area contributed by atoms with E-state index in [0.717, 1.165) is 18.5 Å². The number of pyridine rings is 1. The van der Waals surface area contributed by atoms with Gasteiger partial charge in [-0.05, 0) is 31.9 Å². The average Bonchev–Trinajstić information content (AvgIpc) is 3.14. The first-order valence-electron chi connectivity index (χ1n) is 6.19. The van der Waals surface area contributed by atoms with Crippen LogP contribution in [0.15, 0.2) is 24.4 Å². The lowest BCUT2D eigenvalue weighted by Gasteiger charge is -2.12. The van der Waals surface area contributed by atoms with Crippen LogP contribution in [-0.4, -0.2) is 23.5 Å². The van der Waals surface area contributed by atoms with E-state index < -0.39 is 0 Å². The summed E-state index contributed by atoms with van der Waals surface area (Å²) in [6, 6.07) is 6.50. The largest absolute Gasteiger partial charge is 0.353 e. The minimum absolute atomic E-state index is 0.147. The summed E-state index contributed by atoms with van der Waals surface area (Å²) in [5, 5.41) is 6.27. The van der Waals surface area contributed by atoms with Crippen LogP contribution >= 0.6 is 0 Å². The molecule has 92 valence electrons. The van der Waals surface area contributed by atoms with Crippen LogP contribution in [0, 0.1) is 0 Å². The molecule has 4 heteroatoms. The van der Waals surface area contributed by atoms with Crippen LogP contribution in [-0.2, 0) is 4.79 Å². The number of aromatic nitrogens is 1. The van der Waals surface area contributed by atoms with Gasteiger partial charge in [0, 0.05) is 31.2 Å². The second kappa shape index (κ2) is 5.77. The molecular weight excluding hydrogens is 214 g/mol. The van der Waals surface area contributed by atoms with Crippen molar-refractivity contribution in [3.63, 3.8) is 0 Å². The summed E-state index contributed by atoms with van der Waals surface area (Å²) in [5.74, 6) is 0.147. The van der Waals surface area contributed by atoms with Crippen LogP contribution in [0.1, 0.15) is 37.9 Å². The third-order valence-corrected chi connectivity index (χ3v) is 2.88. The Bertz CT molecular complexity index is 362. The molecule has 1 atom stereocenters. The summed E-state index contributed by atoms with van der Waals surface area (Å²) in [4.78, 5) is 15.7. The van der Waals surface area contributed by atoms with Crippen molar-refractivity contribution in [3.8, 4) is 0 Å². The molecule has 1 aromatic heterocycles. The maximum absolute atomic E-state index is 11.4. The summed E-state index contributed by atoms with van der Waals surface area (Å²) in [7, 11) is 0. The van der Waals surface area contributed by atoms with Gasteiger partial charge < -0.3 is 10.6 Å². The Morgan fingerprint density at radius 3 is 3.00 bits per heavy atom. The average molecular weight is 233 g/mol. The summed E-state index contributed by atoms with van der Waals surface area (Å²) < 4.78 is 0. The maximum Gasteiger partial charge on any atom is 0.221 e. The molecular formula is C13H19N3O. The molecule has 0 spiro atoms. The van der Waals surface area contributed by atoms with Crippen LogP contribution in [0.2, 0.25) is 0 Å². The fourth-order valence-electron chi connectivity index (χ4n) is 1.67. The monoisotopic (exact) mass is 233 g/mol.